The van der Waals surface area contributed by atoms with E-state index in [1.165, 1.54) is 6.20 Å². The van der Waals surface area contributed by atoms with E-state index in [0.29, 0.717) is 55.2 Å². The van der Waals surface area contributed by atoms with E-state index in [2.05, 4.69) is 10.3 Å². The molecule has 1 saturated heterocycles. The average molecular weight is 464 g/mol. The third-order valence-electron chi connectivity index (χ3n) is 6.02. The molecule has 1 aliphatic rings. The molecular weight excluding hydrogens is 434 g/mol. The first-order valence-electron chi connectivity index (χ1n) is 10.4. The third-order valence-corrected chi connectivity index (χ3v) is 6.32. The quantitative estimate of drug-likeness (QED) is 0.581. The number of likely N-dealkylation sites (N-methyl/N-ethyl adjacent to an activating group) is 1. The van der Waals surface area contributed by atoms with Crippen LogP contribution in [0.2, 0.25) is 5.15 Å². The number of hydrogen-bond acceptors (Lipinski definition) is 7. The van der Waals surface area contributed by atoms with Gasteiger partial charge >= 0.3 is 0 Å². The van der Waals surface area contributed by atoms with Gasteiger partial charge in [0, 0.05) is 13.2 Å². The highest BCUT2D eigenvalue weighted by Gasteiger charge is 2.42. The van der Waals surface area contributed by atoms with Crippen LogP contribution in [-0.4, -0.2) is 74.0 Å². The standard InChI is InChI=1S/C23H30ClN3O5/c1-27(22(28)16-6-5-9-26-21(16)24)19(23(29)7-10-25-11-8-23)14-15-12-17(30-2)20(32-4)18(13-15)31-3/h5-6,9,12-13,19,25,29H,7-8,10-11,14H2,1-4H3. The predicted octanol–water partition coefficient (Wildman–Crippen LogP) is 2.56. The Labute approximate surface area is 193 Å². The predicted molar refractivity (Wildman–Crippen MR) is 122 cm³/mol. The Kier molecular flexibility index (Phi) is 7.82. The molecule has 1 aliphatic heterocycles. The average Bonchev–Trinajstić information content (AvgIpc) is 2.81. The molecule has 1 aromatic carbocycles. The van der Waals surface area contributed by atoms with Crippen molar-refractivity contribution in [1.82, 2.24) is 15.2 Å². The molecule has 9 heteroatoms. The molecule has 1 atom stereocenters. The molecule has 2 aromatic rings. The van der Waals surface area contributed by atoms with Crippen molar-refractivity contribution >= 4 is 17.5 Å². The SMILES string of the molecule is COc1cc(CC(N(C)C(=O)c2cccnc2Cl)C2(O)CCNCC2)cc(OC)c1OC. The fourth-order valence-corrected chi connectivity index (χ4v) is 4.43. The highest BCUT2D eigenvalue weighted by atomic mass is 35.5. The Bertz CT molecular complexity index is 924. The Morgan fingerprint density at radius 3 is 2.38 bits per heavy atom. The minimum Gasteiger partial charge on any atom is -0.493 e. The van der Waals surface area contributed by atoms with Crippen LogP contribution in [0.5, 0.6) is 17.2 Å². The topological polar surface area (TPSA) is 93.2 Å². The first-order chi connectivity index (χ1) is 15.3. The molecule has 32 heavy (non-hydrogen) atoms. The van der Waals surface area contributed by atoms with Crippen LogP contribution in [0.15, 0.2) is 30.5 Å². The summed E-state index contributed by atoms with van der Waals surface area (Å²) in [5.74, 6) is 1.22. The van der Waals surface area contributed by atoms with Crippen LogP contribution < -0.4 is 19.5 Å². The number of methoxy groups -OCH3 is 3. The van der Waals surface area contributed by atoms with E-state index in [9.17, 15) is 9.90 Å². The number of halogens is 1. The zero-order valence-corrected chi connectivity index (χ0v) is 19.6. The lowest BCUT2D eigenvalue weighted by Crippen LogP contribution is -2.58. The van der Waals surface area contributed by atoms with Crippen LogP contribution >= 0.6 is 11.6 Å². The maximum atomic E-state index is 13.3. The number of ether oxygens (including phenoxy) is 3. The molecule has 2 heterocycles. The van der Waals surface area contributed by atoms with Gasteiger partial charge in [0.15, 0.2) is 11.5 Å². The van der Waals surface area contributed by atoms with E-state index in [-0.39, 0.29) is 11.1 Å². The lowest BCUT2D eigenvalue weighted by Gasteiger charge is -2.44. The minimum absolute atomic E-state index is 0.133. The number of piperidine rings is 1. The Balaban J connectivity index is 2.01. The molecule has 2 N–H and O–H groups in total. The van der Waals surface area contributed by atoms with Gasteiger partial charge < -0.3 is 29.5 Å². The summed E-state index contributed by atoms with van der Waals surface area (Å²) in [5, 5.41) is 15.0. The number of aliphatic hydroxyl groups is 1. The van der Waals surface area contributed by atoms with Crippen molar-refractivity contribution in [2.45, 2.75) is 30.9 Å². The van der Waals surface area contributed by atoms with Crippen LogP contribution in [0.4, 0.5) is 0 Å². The summed E-state index contributed by atoms with van der Waals surface area (Å²) in [7, 11) is 6.34. The number of hydrogen-bond donors (Lipinski definition) is 2. The molecule has 1 unspecified atom stereocenters. The molecule has 3 rings (SSSR count). The van der Waals surface area contributed by atoms with Crippen molar-refractivity contribution in [1.29, 1.82) is 0 Å². The fourth-order valence-electron chi connectivity index (χ4n) is 4.23. The van der Waals surface area contributed by atoms with Gasteiger partial charge in [0.05, 0.1) is 38.5 Å². The second-order valence-electron chi connectivity index (χ2n) is 7.86. The highest BCUT2D eigenvalue weighted by molar-refractivity contribution is 6.32. The summed E-state index contributed by atoms with van der Waals surface area (Å²) in [6, 6.07) is 6.47. The smallest absolute Gasteiger partial charge is 0.257 e. The first-order valence-corrected chi connectivity index (χ1v) is 10.8. The lowest BCUT2D eigenvalue weighted by molar-refractivity contribution is -0.0542. The van der Waals surface area contributed by atoms with E-state index < -0.39 is 11.6 Å². The number of nitrogens with zero attached hydrogens (tertiary/aromatic N) is 2. The van der Waals surface area contributed by atoms with Crippen molar-refractivity contribution in [2.24, 2.45) is 0 Å². The van der Waals surface area contributed by atoms with Crippen molar-refractivity contribution in [3.8, 4) is 17.2 Å². The number of amides is 1. The third kappa shape index (κ3) is 4.92. The molecule has 0 bridgehead atoms. The second-order valence-corrected chi connectivity index (χ2v) is 8.22. The van der Waals surface area contributed by atoms with Gasteiger partial charge in [0.25, 0.3) is 5.91 Å². The van der Waals surface area contributed by atoms with Crippen molar-refractivity contribution in [3.05, 3.63) is 46.7 Å². The lowest BCUT2D eigenvalue weighted by atomic mass is 9.80. The number of nitrogens with one attached hydrogen (secondary N) is 1. The second kappa shape index (κ2) is 10.4. The van der Waals surface area contributed by atoms with Gasteiger partial charge in [-0.15, -0.1) is 0 Å². The van der Waals surface area contributed by atoms with E-state index in [1.807, 2.05) is 12.1 Å². The largest absolute Gasteiger partial charge is 0.493 e. The number of rotatable bonds is 8. The maximum absolute atomic E-state index is 13.3. The van der Waals surface area contributed by atoms with E-state index >= 15 is 0 Å². The van der Waals surface area contributed by atoms with Crippen molar-refractivity contribution in [2.75, 3.05) is 41.5 Å². The van der Waals surface area contributed by atoms with Gasteiger partial charge in [0.1, 0.15) is 5.15 Å². The summed E-state index contributed by atoms with van der Waals surface area (Å²) < 4.78 is 16.4. The number of benzene rings is 1. The molecule has 1 aromatic heterocycles. The van der Waals surface area contributed by atoms with Crippen LogP contribution in [0.25, 0.3) is 0 Å². The van der Waals surface area contributed by atoms with Gasteiger partial charge in [-0.25, -0.2) is 4.98 Å². The van der Waals surface area contributed by atoms with Crippen LogP contribution in [0.3, 0.4) is 0 Å². The Morgan fingerprint density at radius 2 is 1.84 bits per heavy atom. The molecule has 0 spiro atoms. The minimum atomic E-state index is -1.08. The summed E-state index contributed by atoms with van der Waals surface area (Å²) in [6.07, 6.45) is 2.95. The van der Waals surface area contributed by atoms with Gasteiger partial charge in [-0.2, -0.15) is 0 Å². The van der Waals surface area contributed by atoms with Gasteiger partial charge in [-0.05, 0) is 62.2 Å². The maximum Gasteiger partial charge on any atom is 0.257 e. The molecular formula is C23H30ClN3O5. The van der Waals surface area contributed by atoms with Crippen LogP contribution in [0, 0.1) is 0 Å². The summed E-state index contributed by atoms with van der Waals surface area (Å²) in [5.41, 5.74) is 0.0579. The molecule has 8 nitrogen and oxygen atoms in total. The van der Waals surface area contributed by atoms with E-state index in [4.69, 9.17) is 25.8 Å². The first kappa shape index (κ1) is 24.1. The number of aromatic nitrogens is 1. The monoisotopic (exact) mass is 463 g/mol. The van der Waals surface area contributed by atoms with Gasteiger partial charge in [0.2, 0.25) is 5.75 Å². The summed E-state index contributed by atoms with van der Waals surface area (Å²) in [4.78, 5) is 18.9. The van der Waals surface area contributed by atoms with Crippen molar-refractivity contribution < 1.29 is 24.1 Å². The van der Waals surface area contributed by atoms with Gasteiger partial charge in [-0.1, -0.05) is 11.6 Å². The van der Waals surface area contributed by atoms with E-state index in [1.54, 1.807) is 45.4 Å². The summed E-state index contributed by atoms with van der Waals surface area (Å²) in [6.45, 7) is 1.33. The van der Waals surface area contributed by atoms with Crippen molar-refractivity contribution in [3.63, 3.8) is 0 Å². The zero-order valence-electron chi connectivity index (χ0n) is 18.9. The molecule has 0 aliphatic carbocycles. The highest BCUT2D eigenvalue weighted by Crippen LogP contribution is 2.39. The Morgan fingerprint density at radius 1 is 1.22 bits per heavy atom. The number of pyridine rings is 1. The number of carbonyl (C=O) groups is 1. The molecule has 1 fully saturated rings. The molecule has 0 saturated carbocycles. The molecule has 0 radical (unpaired) electrons. The van der Waals surface area contributed by atoms with Crippen LogP contribution in [0.1, 0.15) is 28.8 Å². The normalized spacial score (nSPS) is 16.2. The molecule has 1 amide bonds. The van der Waals surface area contributed by atoms with E-state index in [0.717, 1.165) is 5.56 Å². The fraction of sp³-hybridized carbons (Fsp3) is 0.478. The summed E-state index contributed by atoms with van der Waals surface area (Å²) >= 11 is 6.18. The van der Waals surface area contributed by atoms with Crippen LogP contribution in [-0.2, 0) is 6.42 Å². The Hall–Kier alpha value is -2.55. The zero-order chi connectivity index (χ0) is 23.3. The molecule has 174 valence electrons. The van der Waals surface area contributed by atoms with Gasteiger partial charge in [-0.3, -0.25) is 4.79 Å². The number of carbonyl (C=O) groups excluding carboxylic acids is 1.